The standard InChI is InChI=1S/C15H13N3O2/c1-10-14(17-9-16-10)11-4-6-12(7-5-11)18-15(19)13-3-2-8-20-13/h2-9H,1H3,(H,16,17)(H,18,19). The maximum Gasteiger partial charge on any atom is 0.291 e. The Morgan fingerprint density at radius 3 is 2.65 bits per heavy atom. The van der Waals surface area contributed by atoms with Gasteiger partial charge in [-0.25, -0.2) is 4.98 Å². The minimum absolute atomic E-state index is 0.265. The van der Waals surface area contributed by atoms with Crippen molar-refractivity contribution >= 4 is 11.6 Å². The highest BCUT2D eigenvalue weighted by molar-refractivity contribution is 6.02. The summed E-state index contributed by atoms with van der Waals surface area (Å²) in [5.41, 5.74) is 3.63. The van der Waals surface area contributed by atoms with Crippen LogP contribution in [-0.2, 0) is 0 Å². The number of aromatic amines is 1. The lowest BCUT2D eigenvalue weighted by Crippen LogP contribution is -2.10. The molecule has 0 aliphatic carbocycles. The summed E-state index contributed by atoms with van der Waals surface area (Å²) in [7, 11) is 0. The van der Waals surface area contributed by atoms with Gasteiger partial charge in [0, 0.05) is 16.9 Å². The van der Waals surface area contributed by atoms with Gasteiger partial charge in [0.2, 0.25) is 0 Å². The number of anilines is 1. The number of carbonyl (C=O) groups excluding carboxylic acids is 1. The highest BCUT2D eigenvalue weighted by Crippen LogP contribution is 2.22. The van der Waals surface area contributed by atoms with Crippen molar-refractivity contribution in [1.29, 1.82) is 0 Å². The zero-order valence-corrected chi connectivity index (χ0v) is 10.9. The Hall–Kier alpha value is -2.82. The first kappa shape index (κ1) is 12.2. The molecule has 1 aromatic carbocycles. The molecule has 3 aromatic rings. The number of imidazole rings is 1. The van der Waals surface area contributed by atoms with Crippen molar-refractivity contribution in [2.45, 2.75) is 6.92 Å². The molecule has 0 fully saturated rings. The summed E-state index contributed by atoms with van der Waals surface area (Å²) < 4.78 is 5.04. The zero-order chi connectivity index (χ0) is 13.9. The van der Waals surface area contributed by atoms with Gasteiger partial charge in [-0.3, -0.25) is 4.79 Å². The number of rotatable bonds is 3. The number of amides is 1. The van der Waals surface area contributed by atoms with E-state index in [1.807, 2.05) is 31.2 Å². The summed E-state index contributed by atoms with van der Waals surface area (Å²) in [6.45, 7) is 1.97. The second-order valence-electron chi connectivity index (χ2n) is 4.38. The lowest BCUT2D eigenvalue weighted by atomic mass is 10.1. The third-order valence-corrected chi connectivity index (χ3v) is 2.99. The van der Waals surface area contributed by atoms with E-state index in [2.05, 4.69) is 15.3 Å². The largest absolute Gasteiger partial charge is 0.459 e. The maximum absolute atomic E-state index is 11.8. The van der Waals surface area contributed by atoms with Gasteiger partial charge in [-0.1, -0.05) is 12.1 Å². The van der Waals surface area contributed by atoms with E-state index in [4.69, 9.17) is 4.42 Å². The quantitative estimate of drug-likeness (QED) is 0.765. The molecule has 2 aromatic heterocycles. The minimum Gasteiger partial charge on any atom is -0.459 e. The predicted molar refractivity (Wildman–Crippen MR) is 75.4 cm³/mol. The molecule has 0 bridgehead atoms. The lowest BCUT2D eigenvalue weighted by Gasteiger charge is -2.04. The minimum atomic E-state index is -0.265. The van der Waals surface area contributed by atoms with E-state index in [1.165, 1.54) is 6.26 Å². The van der Waals surface area contributed by atoms with Gasteiger partial charge in [0.25, 0.3) is 5.91 Å². The smallest absolute Gasteiger partial charge is 0.291 e. The van der Waals surface area contributed by atoms with Crippen LogP contribution in [0.4, 0.5) is 5.69 Å². The summed E-state index contributed by atoms with van der Waals surface area (Å²) in [4.78, 5) is 19.1. The summed E-state index contributed by atoms with van der Waals surface area (Å²) in [6.07, 6.45) is 3.13. The second-order valence-corrected chi connectivity index (χ2v) is 4.38. The van der Waals surface area contributed by atoms with E-state index in [9.17, 15) is 4.79 Å². The summed E-state index contributed by atoms with van der Waals surface area (Å²) >= 11 is 0. The second kappa shape index (κ2) is 5.05. The van der Waals surface area contributed by atoms with E-state index in [0.717, 1.165) is 17.0 Å². The molecule has 5 nitrogen and oxygen atoms in total. The molecule has 3 rings (SSSR count). The third kappa shape index (κ3) is 2.33. The summed E-state index contributed by atoms with van der Waals surface area (Å²) in [5.74, 6) is 0.0240. The highest BCUT2D eigenvalue weighted by Gasteiger charge is 2.09. The van der Waals surface area contributed by atoms with Crippen LogP contribution in [0.1, 0.15) is 16.2 Å². The predicted octanol–water partition coefficient (Wildman–Crippen LogP) is 3.23. The monoisotopic (exact) mass is 267 g/mol. The first-order valence-corrected chi connectivity index (χ1v) is 6.19. The number of nitrogens with zero attached hydrogens (tertiary/aromatic N) is 1. The first-order chi connectivity index (χ1) is 9.74. The molecule has 2 N–H and O–H groups in total. The van der Waals surface area contributed by atoms with Crippen LogP contribution in [-0.4, -0.2) is 15.9 Å². The van der Waals surface area contributed by atoms with E-state index in [0.29, 0.717) is 5.69 Å². The van der Waals surface area contributed by atoms with Crippen LogP contribution < -0.4 is 5.32 Å². The van der Waals surface area contributed by atoms with Crippen LogP contribution >= 0.6 is 0 Å². The highest BCUT2D eigenvalue weighted by atomic mass is 16.3. The molecule has 0 saturated heterocycles. The van der Waals surface area contributed by atoms with Gasteiger partial charge < -0.3 is 14.7 Å². The number of aromatic nitrogens is 2. The Labute approximate surface area is 115 Å². The van der Waals surface area contributed by atoms with Crippen LogP contribution in [0.3, 0.4) is 0 Å². The van der Waals surface area contributed by atoms with Gasteiger partial charge >= 0.3 is 0 Å². The topological polar surface area (TPSA) is 70.9 Å². The summed E-state index contributed by atoms with van der Waals surface area (Å²) in [5, 5.41) is 2.77. The van der Waals surface area contributed by atoms with E-state index < -0.39 is 0 Å². The third-order valence-electron chi connectivity index (χ3n) is 2.99. The van der Waals surface area contributed by atoms with Gasteiger partial charge in [0.15, 0.2) is 5.76 Å². The van der Waals surface area contributed by atoms with E-state index >= 15 is 0 Å². The number of carbonyl (C=O) groups is 1. The molecule has 0 spiro atoms. The maximum atomic E-state index is 11.8. The van der Waals surface area contributed by atoms with Crippen LogP contribution in [0.5, 0.6) is 0 Å². The number of H-pyrrole nitrogens is 1. The zero-order valence-electron chi connectivity index (χ0n) is 10.9. The lowest BCUT2D eigenvalue weighted by molar-refractivity contribution is 0.0996. The fourth-order valence-electron chi connectivity index (χ4n) is 1.96. The Balaban J connectivity index is 1.77. The fraction of sp³-hybridized carbons (Fsp3) is 0.0667. The average Bonchev–Trinajstić information content (AvgIpc) is 3.11. The molecule has 2 heterocycles. The van der Waals surface area contributed by atoms with Crippen LogP contribution in [0.2, 0.25) is 0 Å². The van der Waals surface area contributed by atoms with Crippen LogP contribution in [0.25, 0.3) is 11.3 Å². The van der Waals surface area contributed by atoms with Crippen molar-refractivity contribution in [2.24, 2.45) is 0 Å². The number of hydrogen-bond donors (Lipinski definition) is 2. The summed E-state index contributed by atoms with van der Waals surface area (Å²) in [6, 6.07) is 10.8. The van der Waals surface area contributed by atoms with Crippen molar-refractivity contribution in [1.82, 2.24) is 9.97 Å². The molecule has 5 heteroatoms. The number of benzene rings is 1. The van der Waals surface area contributed by atoms with Gasteiger partial charge in [-0.2, -0.15) is 0 Å². The van der Waals surface area contributed by atoms with Crippen molar-refractivity contribution in [3.8, 4) is 11.3 Å². The molecule has 0 saturated carbocycles. The Morgan fingerprint density at radius 2 is 2.05 bits per heavy atom. The van der Waals surface area contributed by atoms with E-state index in [1.54, 1.807) is 18.5 Å². The SMILES string of the molecule is Cc1[nH]cnc1-c1ccc(NC(=O)c2ccco2)cc1. The van der Waals surface area contributed by atoms with Crippen molar-refractivity contribution in [2.75, 3.05) is 5.32 Å². The van der Waals surface area contributed by atoms with Gasteiger partial charge in [0.05, 0.1) is 18.3 Å². The van der Waals surface area contributed by atoms with Gasteiger partial charge in [-0.05, 0) is 31.2 Å². The molecular weight excluding hydrogens is 254 g/mol. The van der Waals surface area contributed by atoms with Gasteiger partial charge in [0.1, 0.15) is 0 Å². The van der Waals surface area contributed by atoms with Crippen molar-refractivity contribution in [3.05, 3.63) is 60.4 Å². The molecular formula is C15H13N3O2. The van der Waals surface area contributed by atoms with E-state index in [-0.39, 0.29) is 11.7 Å². The molecule has 0 aliphatic heterocycles. The number of hydrogen-bond acceptors (Lipinski definition) is 3. The Bertz CT molecular complexity index is 712. The first-order valence-electron chi connectivity index (χ1n) is 6.19. The molecule has 100 valence electrons. The van der Waals surface area contributed by atoms with Crippen molar-refractivity contribution in [3.63, 3.8) is 0 Å². The van der Waals surface area contributed by atoms with Gasteiger partial charge in [-0.15, -0.1) is 0 Å². The Morgan fingerprint density at radius 1 is 1.25 bits per heavy atom. The molecule has 0 atom stereocenters. The molecule has 0 aliphatic rings. The fourth-order valence-corrected chi connectivity index (χ4v) is 1.96. The Kier molecular flexibility index (Phi) is 3.09. The molecule has 0 radical (unpaired) electrons. The number of furan rings is 1. The number of nitrogens with one attached hydrogen (secondary N) is 2. The molecule has 1 amide bonds. The molecule has 0 unspecified atom stereocenters. The molecule has 20 heavy (non-hydrogen) atoms. The van der Waals surface area contributed by atoms with Crippen molar-refractivity contribution < 1.29 is 9.21 Å². The average molecular weight is 267 g/mol. The normalized spacial score (nSPS) is 10.4. The van der Waals surface area contributed by atoms with Crippen LogP contribution in [0.15, 0.2) is 53.4 Å². The number of aryl methyl sites for hydroxylation is 1. The van der Waals surface area contributed by atoms with Crippen LogP contribution in [0, 0.1) is 6.92 Å².